The van der Waals surface area contributed by atoms with Gasteiger partial charge in [-0.05, 0) is 20.3 Å². The summed E-state index contributed by atoms with van der Waals surface area (Å²) in [6.45, 7) is 6.08. The van der Waals surface area contributed by atoms with Crippen molar-refractivity contribution in [2.45, 2.75) is 27.2 Å². The molecule has 68 valence electrons. The topological polar surface area (TPSA) is 44.1 Å². The van der Waals surface area contributed by atoms with Crippen molar-refractivity contribution >= 4 is 5.91 Å². The van der Waals surface area contributed by atoms with Gasteiger partial charge in [0.25, 0.3) is 0 Å². The normalized spacial score (nSPS) is 14.6. The molecule has 1 unspecified atom stereocenters. The van der Waals surface area contributed by atoms with Crippen molar-refractivity contribution in [3.63, 3.8) is 0 Å². The summed E-state index contributed by atoms with van der Waals surface area (Å²) in [4.78, 5) is 13.1. The van der Waals surface area contributed by atoms with Gasteiger partial charge in [-0.2, -0.15) is 5.26 Å². The van der Waals surface area contributed by atoms with Gasteiger partial charge in [0.05, 0.1) is 6.07 Å². The van der Waals surface area contributed by atoms with Crippen LogP contribution in [-0.2, 0) is 4.79 Å². The van der Waals surface area contributed by atoms with E-state index < -0.39 is 5.41 Å². The number of nitriles is 1. The van der Waals surface area contributed by atoms with Gasteiger partial charge in [-0.25, -0.2) is 0 Å². The Hall–Kier alpha value is -1.04. The molecule has 0 aliphatic carbocycles. The largest absolute Gasteiger partial charge is 0.345 e. The van der Waals surface area contributed by atoms with Gasteiger partial charge in [-0.15, -0.1) is 0 Å². The van der Waals surface area contributed by atoms with E-state index in [2.05, 4.69) is 6.07 Å². The summed E-state index contributed by atoms with van der Waals surface area (Å²) in [6, 6.07) is 2.05. The second kappa shape index (κ2) is 4.10. The summed E-state index contributed by atoms with van der Waals surface area (Å²) < 4.78 is 0. The number of nitrogens with zero attached hydrogens (tertiary/aromatic N) is 2. The molecule has 0 rings (SSSR count). The standard InChI is InChI=1S/C9H16N2O/c1-5-9(3,7-10)8(12)11(4)6-2/h5-6H2,1-4H3. The molecule has 0 radical (unpaired) electrons. The minimum absolute atomic E-state index is 0.0880. The maximum absolute atomic E-state index is 11.6. The Kier molecular flexibility index (Phi) is 3.75. The van der Waals surface area contributed by atoms with Crippen molar-refractivity contribution in [3.05, 3.63) is 0 Å². The lowest BCUT2D eigenvalue weighted by molar-refractivity contribution is -0.136. The smallest absolute Gasteiger partial charge is 0.242 e. The fraction of sp³-hybridized carbons (Fsp3) is 0.778. The van der Waals surface area contributed by atoms with E-state index in [9.17, 15) is 4.79 Å². The van der Waals surface area contributed by atoms with Crippen LogP contribution in [0.2, 0.25) is 0 Å². The van der Waals surface area contributed by atoms with E-state index in [0.717, 1.165) is 0 Å². The Balaban J connectivity index is 4.56. The zero-order valence-electron chi connectivity index (χ0n) is 8.22. The average Bonchev–Trinajstić information content (AvgIpc) is 2.14. The maximum Gasteiger partial charge on any atom is 0.242 e. The molecule has 0 saturated heterocycles. The molecule has 0 fully saturated rings. The molecule has 1 amide bonds. The number of hydrogen-bond donors (Lipinski definition) is 0. The van der Waals surface area contributed by atoms with Crippen molar-refractivity contribution < 1.29 is 4.79 Å². The fourth-order valence-corrected chi connectivity index (χ4v) is 0.843. The molecule has 0 saturated carbocycles. The van der Waals surface area contributed by atoms with Gasteiger partial charge in [0.15, 0.2) is 0 Å². The molecular weight excluding hydrogens is 152 g/mol. The number of carbonyl (C=O) groups excluding carboxylic acids is 1. The van der Waals surface area contributed by atoms with Gasteiger partial charge in [0.2, 0.25) is 5.91 Å². The summed E-state index contributed by atoms with van der Waals surface area (Å²) in [5, 5.41) is 8.80. The summed E-state index contributed by atoms with van der Waals surface area (Å²) in [6.07, 6.45) is 0.562. The zero-order chi connectivity index (χ0) is 9.78. The SMILES string of the molecule is CCN(C)C(=O)C(C)(C#N)CC. The van der Waals surface area contributed by atoms with Gasteiger partial charge < -0.3 is 4.90 Å². The van der Waals surface area contributed by atoms with Crippen LogP contribution < -0.4 is 0 Å². The first kappa shape index (κ1) is 11.0. The molecule has 12 heavy (non-hydrogen) atoms. The van der Waals surface area contributed by atoms with Crippen LogP contribution in [-0.4, -0.2) is 24.4 Å². The van der Waals surface area contributed by atoms with E-state index in [1.165, 1.54) is 0 Å². The third-order valence-corrected chi connectivity index (χ3v) is 2.25. The maximum atomic E-state index is 11.6. The number of amides is 1. The molecular formula is C9H16N2O. The van der Waals surface area contributed by atoms with Gasteiger partial charge >= 0.3 is 0 Å². The Morgan fingerprint density at radius 2 is 2.08 bits per heavy atom. The summed E-state index contributed by atoms with van der Waals surface area (Å²) in [7, 11) is 1.72. The highest BCUT2D eigenvalue weighted by atomic mass is 16.2. The first-order valence-corrected chi connectivity index (χ1v) is 4.18. The van der Waals surface area contributed by atoms with Crippen molar-refractivity contribution in [3.8, 4) is 6.07 Å². The Labute approximate surface area is 74.0 Å². The number of rotatable bonds is 3. The lowest BCUT2D eigenvalue weighted by atomic mass is 9.88. The molecule has 3 heteroatoms. The Morgan fingerprint density at radius 1 is 1.58 bits per heavy atom. The predicted octanol–water partition coefficient (Wildman–Crippen LogP) is 1.40. The Morgan fingerprint density at radius 3 is 2.33 bits per heavy atom. The van der Waals surface area contributed by atoms with Crippen molar-refractivity contribution in [1.82, 2.24) is 4.90 Å². The van der Waals surface area contributed by atoms with Crippen LogP contribution in [0.5, 0.6) is 0 Å². The first-order valence-electron chi connectivity index (χ1n) is 4.18. The van der Waals surface area contributed by atoms with Crippen molar-refractivity contribution in [2.75, 3.05) is 13.6 Å². The van der Waals surface area contributed by atoms with E-state index >= 15 is 0 Å². The number of carbonyl (C=O) groups is 1. The predicted molar refractivity (Wildman–Crippen MR) is 47.3 cm³/mol. The lowest BCUT2D eigenvalue weighted by Gasteiger charge is -2.24. The van der Waals surface area contributed by atoms with Crippen LogP contribution in [0.1, 0.15) is 27.2 Å². The van der Waals surface area contributed by atoms with Gasteiger partial charge in [-0.1, -0.05) is 6.92 Å². The molecule has 0 aromatic carbocycles. The quantitative estimate of drug-likeness (QED) is 0.639. The van der Waals surface area contributed by atoms with Crippen LogP contribution in [0.4, 0.5) is 0 Å². The molecule has 3 nitrogen and oxygen atoms in total. The molecule has 0 bridgehead atoms. The highest BCUT2D eigenvalue weighted by molar-refractivity contribution is 5.84. The zero-order valence-corrected chi connectivity index (χ0v) is 8.22. The summed E-state index contributed by atoms with van der Waals surface area (Å²) in [5.41, 5.74) is -0.843. The second-order valence-corrected chi connectivity index (χ2v) is 3.12. The molecule has 0 aromatic heterocycles. The molecule has 0 aromatic rings. The summed E-state index contributed by atoms with van der Waals surface area (Å²) in [5.74, 6) is -0.0880. The molecule has 1 atom stereocenters. The third kappa shape index (κ3) is 1.97. The third-order valence-electron chi connectivity index (χ3n) is 2.25. The highest BCUT2D eigenvalue weighted by Crippen LogP contribution is 2.21. The van der Waals surface area contributed by atoms with Gasteiger partial charge in [0, 0.05) is 13.6 Å². The highest BCUT2D eigenvalue weighted by Gasteiger charge is 2.33. The van der Waals surface area contributed by atoms with E-state index in [1.54, 1.807) is 18.9 Å². The van der Waals surface area contributed by atoms with Crippen LogP contribution in [0, 0.1) is 16.7 Å². The molecule has 0 aliphatic heterocycles. The van der Waals surface area contributed by atoms with Crippen LogP contribution in [0.3, 0.4) is 0 Å². The van der Waals surface area contributed by atoms with Crippen molar-refractivity contribution in [2.24, 2.45) is 5.41 Å². The number of hydrogen-bond acceptors (Lipinski definition) is 2. The molecule has 0 spiro atoms. The van der Waals surface area contributed by atoms with E-state index in [0.29, 0.717) is 13.0 Å². The van der Waals surface area contributed by atoms with Gasteiger partial charge in [-0.3, -0.25) is 4.79 Å². The van der Waals surface area contributed by atoms with Crippen LogP contribution >= 0.6 is 0 Å². The molecule has 0 heterocycles. The van der Waals surface area contributed by atoms with E-state index in [4.69, 9.17) is 5.26 Å². The molecule has 0 aliphatic rings. The summed E-state index contributed by atoms with van der Waals surface area (Å²) >= 11 is 0. The second-order valence-electron chi connectivity index (χ2n) is 3.12. The molecule has 0 N–H and O–H groups in total. The average molecular weight is 168 g/mol. The van der Waals surface area contributed by atoms with Crippen LogP contribution in [0.15, 0.2) is 0 Å². The van der Waals surface area contributed by atoms with E-state index in [1.807, 2.05) is 13.8 Å². The minimum atomic E-state index is -0.843. The van der Waals surface area contributed by atoms with Crippen LogP contribution in [0.25, 0.3) is 0 Å². The monoisotopic (exact) mass is 168 g/mol. The Bertz CT molecular complexity index is 207. The van der Waals surface area contributed by atoms with Gasteiger partial charge in [0.1, 0.15) is 5.41 Å². The fourth-order valence-electron chi connectivity index (χ4n) is 0.843. The first-order chi connectivity index (χ1) is 5.51. The van der Waals surface area contributed by atoms with E-state index in [-0.39, 0.29) is 5.91 Å². The lowest BCUT2D eigenvalue weighted by Crippen LogP contribution is -2.38. The van der Waals surface area contributed by atoms with Crippen molar-refractivity contribution in [1.29, 1.82) is 5.26 Å². The minimum Gasteiger partial charge on any atom is -0.345 e.